The van der Waals surface area contributed by atoms with Crippen molar-refractivity contribution >= 4 is 33.0 Å². The molecule has 0 bridgehead atoms. The lowest BCUT2D eigenvalue weighted by atomic mass is 10.1. The van der Waals surface area contributed by atoms with Crippen molar-refractivity contribution in [3.8, 4) is 11.3 Å². The van der Waals surface area contributed by atoms with Gasteiger partial charge in [0.25, 0.3) is 0 Å². The van der Waals surface area contributed by atoms with Crippen LogP contribution in [0.3, 0.4) is 0 Å². The molecule has 0 saturated carbocycles. The predicted octanol–water partition coefficient (Wildman–Crippen LogP) is 4.70. The molecule has 0 spiro atoms. The molecule has 3 rings (SSSR count). The van der Waals surface area contributed by atoms with E-state index in [-0.39, 0.29) is 0 Å². The van der Waals surface area contributed by atoms with Crippen LogP contribution in [0.1, 0.15) is 5.69 Å². The van der Waals surface area contributed by atoms with Crippen LogP contribution in [-0.2, 0) is 0 Å². The van der Waals surface area contributed by atoms with Crippen LogP contribution >= 0.6 is 15.9 Å². The number of hydrogen-bond acceptors (Lipinski definition) is 2. The number of benzene rings is 2. The molecule has 1 heterocycles. The van der Waals surface area contributed by atoms with E-state index >= 15 is 0 Å². The number of rotatable bonds is 2. The minimum atomic E-state index is 0.797. The maximum atomic E-state index is 4.71. The van der Waals surface area contributed by atoms with Crippen LogP contribution in [0.4, 0.5) is 0 Å². The summed E-state index contributed by atoms with van der Waals surface area (Å²) in [5.41, 5.74) is 4.44. The Labute approximate surface area is 120 Å². The molecule has 0 fully saturated rings. The first kappa shape index (κ1) is 12.1. The van der Waals surface area contributed by atoms with Gasteiger partial charge in [0.2, 0.25) is 0 Å². The number of aromatic nitrogens is 2. The van der Waals surface area contributed by atoms with Gasteiger partial charge in [-0.3, -0.25) is 0 Å². The average Bonchev–Trinajstić information content (AvgIpc) is 2.46. The molecule has 0 N–H and O–H groups in total. The third-order valence-electron chi connectivity index (χ3n) is 2.92. The molecule has 2 nitrogen and oxygen atoms in total. The summed E-state index contributed by atoms with van der Waals surface area (Å²) >= 11 is 3.56. The monoisotopic (exact) mass is 310 g/mol. The number of nitrogens with zero attached hydrogens (tertiary/aromatic N) is 2. The number of halogens is 1. The Bertz CT molecular complexity index is 766. The van der Waals surface area contributed by atoms with E-state index in [1.165, 1.54) is 0 Å². The van der Waals surface area contributed by atoms with Crippen molar-refractivity contribution in [3.05, 3.63) is 65.3 Å². The van der Waals surface area contributed by atoms with Crippen LogP contribution in [0, 0.1) is 0 Å². The highest BCUT2D eigenvalue weighted by molar-refractivity contribution is 9.10. The predicted molar refractivity (Wildman–Crippen MR) is 82.8 cm³/mol. The van der Waals surface area contributed by atoms with E-state index in [1.54, 1.807) is 6.08 Å². The molecule has 0 aliphatic carbocycles. The first-order valence-electron chi connectivity index (χ1n) is 5.94. The van der Waals surface area contributed by atoms with E-state index in [0.717, 1.165) is 32.5 Å². The van der Waals surface area contributed by atoms with Gasteiger partial charge in [0, 0.05) is 10.0 Å². The Kier molecular flexibility index (Phi) is 3.13. The highest BCUT2D eigenvalue weighted by atomic mass is 79.9. The van der Waals surface area contributed by atoms with Gasteiger partial charge in [-0.1, -0.05) is 52.8 Å². The van der Waals surface area contributed by atoms with E-state index < -0.39 is 0 Å². The Morgan fingerprint density at radius 2 is 1.53 bits per heavy atom. The molecule has 2 aromatic carbocycles. The molecule has 0 unspecified atom stereocenters. The van der Waals surface area contributed by atoms with Gasteiger partial charge in [0.05, 0.1) is 22.4 Å². The second kappa shape index (κ2) is 4.94. The fourth-order valence-electron chi connectivity index (χ4n) is 2.01. The van der Waals surface area contributed by atoms with Crippen molar-refractivity contribution in [1.82, 2.24) is 9.97 Å². The minimum Gasteiger partial charge on any atom is -0.245 e. The standard InChI is InChI=1S/C16H11BrN2/c1-2-13-16(11-7-3-4-8-12(11)17)19-15-10-6-5-9-14(15)18-13/h2-10H,1H2. The average molecular weight is 311 g/mol. The zero-order valence-corrected chi connectivity index (χ0v) is 11.8. The summed E-state index contributed by atoms with van der Waals surface area (Å²) in [4.78, 5) is 9.32. The quantitative estimate of drug-likeness (QED) is 0.685. The summed E-state index contributed by atoms with van der Waals surface area (Å²) in [6.45, 7) is 3.84. The SMILES string of the molecule is C=Cc1nc2ccccc2nc1-c1ccccc1Br. The fraction of sp³-hybridized carbons (Fsp3) is 0. The second-order valence-corrected chi connectivity index (χ2v) is 4.98. The lowest BCUT2D eigenvalue weighted by Gasteiger charge is -2.08. The second-order valence-electron chi connectivity index (χ2n) is 4.13. The molecule has 92 valence electrons. The van der Waals surface area contributed by atoms with Gasteiger partial charge in [-0.15, -0.1) is 0 Å². The van der Waals surface area contributed by atoms with E-state index in [1.807, 2.05) is 48.5 Å². The third-order valence-corrected chi connectivity index (χ3v) is 3.61. The molecule has 0 amide bonds. The maximum Gasteiger partial charge on any atom is 0.0977 e. The topological polar surface area (TPSA) is 25.8 Å². The molecule has 3 aromatic rings. The largest absolute Gasteiger partial charge is 0.245 e. The van der Waals surface area contributed by atoms with Crippen LogP contribution in [0.5, 0.6) is 0 Å². The van der Waals surface area contributed by atoms with E-state index in [4.69, 9.17) is 4.98 Å². The smallest absolute Gasteiger partial charge is 0.0977 e. The number of hydrogen-bond donors (Lipinski definition) is 0. The van der Waals surface area contributed by atoms with E-state index in [9.17, 15) is 0 Å². The van der Waals surface area contributed by atoms with Gasteiger partial charge in [0.15, 0.2) is 0 Å². The summed E-state index contributed by atoms with van der Waals surface area (Å²) in [5.74, 6) is 0. The first-order valence-corrected chi connectivity index (χ1v) is 6.73. The summed E-state index contributed by atoms with van der Waals surface area (Å²) in [7, 11) is 0. The van der Waals surface area contributed by atoms with Crippen molar-refractivity contribution in [3.63, 3.8) is 0 Å². The van der Waals surface area contributed by atoms with Gasteiger partial charge >= 0.3 is 0 Å². The molecular weight excluding hydrogens is 300 g/mol. The molecule has 0 aliphatic heterocycles. The number of para-hydroxylation sites is 2. The Morgan fingerprint density at radius 3 is 2.21 bits per heavy atom. The molecule has 0 saturated heterocycles. The van der Waals surface area contributed by atoms with Crippen molar-refractivity contribution in [1.29, 1.82) is 0 Å². The van der Waals surface area contributed by atoms with Crippen LogP contribution in [0.15, 0.2) is 59.6 Å². The maximum absolute atomic E-state index is 4.71. The lowest BCUT2D eigenvalue weighted by molar-refractivity contribution is 1.26. The fourth-order valence-corrected chi connectivity index (χ4v) is 2.48. The molecule has 0 radical (unpaired) electrons. The Balaban J connectivity index is 2.34. The molecule has 19 heavy (non-hydrogen) atoms. The summed E-state index contributed by atoms with van der Waals surface area (Å²) in [6, 6.07) is 15.8. The third kappa shape index (κ3) is 2.17. The van der Waals surface area contributed by atoms with Crippen LogP contribution in [-0.4, -0.2) is 9.97 Å². The highest BCUT2D eigenvalue weighted by Gasteiger charge is 2.10. The van der Waals surface area contributed by atoms with Gasteiger partial charge < -0.3 is 0 Å². The molecule has 0 aliphatic rings. The van der Waals surface area contributed by atoms with E-state index in [2.05, 4.69) is 27.5 Å². The normalized spacial score (nSPS) is 10.6. The summed E-state index contributed by atoms with van der Waals surface area (Å²) in [5, 5.41) is 0. The lowest BCUT2D eigenvalue weighted by Crippen LogP contribution is -1.94. The van der Waals surface area contributed by atoms with Crippen molar-refractivity contribution in [2.75, 3.05) is 0 Å². The summed E-state index contributed by atoms with van der Waals surface area (Å²) in [6.07, 6.45) is 1.74. The van der Waals surface area contributed by atoms with Gasteiger partial charge in [-0.05, 0) is 24.3 Å². The molecule has 3 heteroatoms. The Hall–Kier alpha value is -2.00. The Morgan fingerprint density at radius 1 is 0.895 bits per heavy atom. The number of fused-ring (bicyclic) bond motifs is 1. The van der Waals surface area contributed by atoms with Gasteiger partial charge in [-0.2, -0.15) is 0 Å². The minimum absolute atomic E-state index is 0.797. The molecular formula is C16H11BrN2. The van der Waals surface area contributed by atoms with Crippen molar-refractivity contribution in [2.45, 2.75) is 0 Å². The van der Waals surface area contributed by atoms with Crippen molar-refractivity contribution < 1.29 is 0 Å². The van der Waals surface area contributed by atoms with Crippen LogP contribution < -0.4 is 0 Å². The molecule has 0 atom stereocenters. The molecule has 1 aromatic heterocycles. The van der Waals surface area contributed by atoms with E-state index in [0.29, 0.717) is 0 Å². The van der Waals surface area contributed by atoms with Crippen LogP contribution in [0.2, 0.25) is 0 Å². The zero-order valence-electron chi connectivity index (χ0n) is 10.2. The van der Waals surface area contributed by atoms with Gasteiger partial charge in [0.1, 0.15) is 0 Å². The van der Waals surface area contributed by atoms with Crippen molar-refractivity contribution in [2.24, 2.45) is 0 Å². The zero-order chi connectivity index (χ0) is 13.2. The van der Waals surface area contributed by atoms with Gasteiger partial charge in [-0.25, -0.2) is 9.97 Å². The highest BCUT2D eigenvalue weighted by Crippen LogP contribution is 2.30. The summed E-state index contributed by atoms with van der Waals surface area (Å²) < 4.78 is 1.00. The first-order chi connectivity index (χ1) is 9.29. The van der Waals surface area contributed by atoms with Crippen LogP contribution in [0.25, 0.3) is 28.4 Å².